The number of carbonyl (C=O) groups excluding carboxylic acids is 1. The molecule has 0 aliphatic rings. The molecule has 1 aromatic heterocycles. The molecule has 3 aromatic rings. The van der Waals surface area contributed by atoms with E-state index < -0.39 is 0 Å². The summed E-state index contributed by atoms with van der Waals surface area (Å²) in [7, 11) is 3.93. The van der Waals surface area contributed by atoms with Gasteiger partial charge in [0.1, 0.15) is 0 Å². The Labute approximate surface area is 175 Å². The Morgan fingerprint density at radius 3 is 2.66 bits per heavy atom. The summed E-state index contributed by atoms with van der Waals surface area (Å²) in [5.41, 5.74) is 3.68. The number of likely N-dealkylation sites (N-methyl/N-ethyl adjacent to an activating group) is 1. The van der Waals surface area contributed by atoms with Gasteiger partial charge >= 0.3 is 0 Å². The number of rotatable bonds is 5. The zero-order valence-corrected chi connectivity index (χ0v) is 18.2. The number of aryl methyl sites for hydroxylation is 1. The third kappa shape index (κ3) is 4.16. The molecule has 0 saturated carbocycles. The molecule has 7 heteroatoms. The maximum Gasteiger partial charge on any atom is 0.266 e. The lowest BCUT2D eigenvalue weighted by atomic mass is 10.1. The summed E-state index contributed by atoms with van der Waals surface area (Å²) in [6.45, 7) is 6.54. The highest BCUT2D eigenvalue weighted by Crippen LogP contribution is 2.18. The first-order chi connectivity index (χ1) is 13.7. The van der Waals surface area contributed by atoms with Gasteiger partial charge in [-0.1, -0.05) is 12.1 Å². The molecule has 29 heavy (non-hydrogen) atoms. The van der Waals surface area contributed by atoms with Gasteiger partial charge in [0, 0.05) is 18.2 Å². The van der Waals surface area contributed by atoms with E-state index in [0.717, 1.165) is 16.8 Å². The second-order valence-corrected chi connectivity index (χ2v) is 7.96. The molecule has 1 unspecified atom stereocenters. The van der Waals surface area contributed by atoms with Crippen molar-refractivity contribution in [3.05, 3.63) is 68.2 Å². The van der Waals surface area contributed by atoms with Crippen molar-refractivity contribution in [3.8, 4) is 5.69 Å². The lowest BCUT2D eigenvalue weighted by molar-refractivity contribution is 0.0944. The van der Waals surface area contributed by atoms with E-state index in [4.69, 9.17) is 12.2 Å². The number of aromatic nitrogens is 2. The van der Waals surface area contributed by atoms with Gasteiger partial charge in [-0.05, 0) is 82.5 Å². The number of amides is 1. The van der Waals surface area contributed by atoms with Crippen molar-refractivity contribution in [2.75, 3.05) is 20.6 Å². The van der Waals surface area contributed by atoms with Crippen LogP contribution in [-0.2, 0) is 0 Å². The average molecular weight is 411 g/mol. The summed E-state index contributed by atoms with van der Waals surface area (Å²) in [4.78, 5) is 30.8. The zero-order valence-electron chi connectivity index (χ0n) is 17.4. The maximum atomic E-state index is 13.2. The number of fused-ring (bicyclic) bond motifs is 1. The number of nitrogens with one attached hydrogen (secondary N) is 2. The minimum absolute atomic E-state index is 0.182. The topological polar surface area (TPSA) is 70.1 Å². The van der Waals surface area contributed by atoms with Crippen molar-refractivity contribution < 1.29 is 4.79 Å². The monoisotopic (exact) mass is 410 g/mol. The Hall–Kier alpha value is -2.77. The third-order valence-electron chi connectivity index (χ3n) is 5.42. The molecule has 6 nitrogen and oxygen atoms in total. The van der Waals surface area contributed by atoms with E-state index in [2.05, 4.69) is 10.3 Å². The molecule has 2 N–H and O–H groups in total. The summed E-state index contributed by atoms with van der Waals surface area (Å²) in [5, 5.41) is 3.41. The van der Waals surface area contributed by atoms with Crippen LogP contribution in [0.3, 0.4) is 0 Å². The standard InChI is InChI=1S/C22H26N4O2S/c1-13-7-6-8-19(15(13)3)26-21(28)17-10-9-16(11-18(17)24-22(26)29)20(27)23-12-14(2)25(4)5/h6-11,14H,12H2,1-5H3,(H,23,27)(H,24,29). The smallest absolute Gasteiger partial charge is 0.266 e. The van der Waals surface area contributed by atoms with Gasteiger partial charge in [-0.3, -0.25) is 14.2 Å². The van der Waals surface area contributed by atoms with Gasteiger partial charge in [-0.25, -0.2) is 0 Å². The molecule has 0 fully saturated rings. The molecule has 1 atom stereocenters. The van der Waals surface area contributed by atoms with Crippen LogP contribution in [0, 0.1) is 18.6 Å². The fraction of sp³-hybridized carbons (Fsp3) is 0.318. The highest BCUT2D eigenvalue weighted by atomic mass is 32.1. The fourth-order valence-corrected chi connectivity index (χ4v) is 3.37. The summed E-state index contributed by atoms with van der Waals surface area (Å²) < 4.78 is 1.81. The molecule has 0 spiro atoms. The second-order valence-electron chi connectivity index (χ2n) is 7.57. The van der Waals surface area contributed by atoms with Gasteiger partial charge < -0.3 is 15.2 Å². The van der Waals surface area contributed by atoms with Crippen LogP contribution in [-0.4, -0.2) is 47.0 Å². The first-order valence-corrected chi connectivity index (χ1v) is 9.92. The van der Waals surface area contributed by atoms with Crippen LogP contribution in [0.2, 0.25) is 0 Å². The van der Waals surface area contributed by atoms with Crippen LogP contribution in [0.15, 0.2) is 41.2 Å². The molecule has 3 rings (SSSR count). The second kappa shape index (κ2) is 8.31. The van der Waals surface area contributed by atoms with E-state index in [1.807, 2.05) is 58.0 Å². The Kier molecular flexibility index (Phi) is 6.00. The summed E-state index contributed by atoms with van der Waals surface area (Å²) >= 11 is 5.48. The molecular formula is C22H26N4O2S. The Bertz CT molecular complexity index is 1190. The number of H-pyrrole nitrogens is 1. The molecule has 1 amide bonds. The largest absolute Gasteiger partial charge is 0.350 e. The van der Waals surface area contributed by atoms with Crippen molar-refractivity contribution in [3.63, 3.8) is 0 Å². The zero-order chi connectivity index (χ0) is 21.3. The molecule has 2 aromatic carbocycles. The predicted octanol–water partition coefficient (Wildman–Crippen LogP) is 3.35. The SMILES string of the molecule is Cc1cccc(-n2c(=S)[nH]c3cc(C(=O)NCC(C)N(C)C)ccc3c2=O)c1C. The van der Waals surface area contributed by atoms with Gasteiger partial charge in [0.05, 0.1) is 16.6 Å². The van der Waals surface area contributed by atoms with Crippen molar-refractivity contribution in [2.45, 2.75) is 26.8 Å². The van der Waals surface area contributed by atoms with Crippen molar-refractivity contribution in [1.29, 1.82) is 0 Å². The molecule has 152 valence electrons. The quantitative estimate of drug-likeness (QED) is 0.633. The Morgan fingerprint density at radius 2 is 1.97 bits per heavy atom. The highest BCUT2D eigenvalue weighted by molar-refractivity contribution is 7.71. The number of nitrogens with zero attached hydrogens (tertiary/aromatic N) is 2. The minimum atomic E-state index is -0.203. The number of aromatic amines is 1. The van der Waals surface area contributed by atoms with Gasteiger partial charge in [0.15, 0.2) is 4.77 Å². The number of hydrogen-bond acceptors (Lipinski definition) is 4. The summed E-state index contributed by atoms with van der Waals surface area (Å²) in [6.07, 6.45) is 0. The molecule has 0 aliphatic carbocycles. The van der Waals surface area contributed by atoms with Gasteiger partial charge in [-0.2, -0.15) is 0 Å². The van der Waals surface area contributed by atoms with Gasteiger partial charge in [-0.15, -0.1) is 0 Å². The average Bonchev–Trinajstić information content (AvgIpc) is 2.68. The Morgan fingerprint density at radius 1 is 1.24 bits per heavy atom. The number of carbonyl (C=O) groups is 1. The predicted molar refractivity (Wildman–Crippen MR) is 120 cm³/mol. The van der Waals surface area contributed by atoms with Crippen molar-refractivity contribution in [1.82, 2.24) is 19.8 Å². The van der Waals surface area contributed by atoms with E-state index in [1.165, 1.54) is 4.57 Å². The first-order valence-electron chi connectivity index (χ1n) is 9.51. The highest BCUT2D eigenvalue weighted by Gasteiger charge is 2.14. The van der Waals surface area contributed by atoms with E-state index >= 15 is 0 Å². The molecule has 0 bridgehead atoms. The van der Waals surface area contributed by atoms with Crippen LogP contribution in [0.4, 0.5) is 0 Å². The maximum absolute atomic E-state index is 13.2. The minimum Gasteiger partial charge on any atom is -0.350 e. The molecule has 0 aliphatic heterocycles. The number of benzene rings is 2. The van der Waals surface area contributed by atoms with Crippen LogP contribution in [0.5, 0.6) is 0 Å². The van der Waals surface area contributed by atoms with Crippen LogP contribution >= 0.6 is 12.2 Å². The molecule has 0 radical (unpaired) electrons. The van der Waals surface area contributed by atoms with Crippen molar-refractivity contribution in [2.24, 2.45) is 0 Å². The summed E-state index contributed by atoms with van der Waals surface area (Å²) in [6, 6.07) is 11.0. The van der Waals surface area contributed by atoms with Crippen LogP contribution < -0.4 is 10.9 Å². The van der Waals surface area contributed by atoms with Crippen molar-refractivity contribution >= 4 is 29.0 Å². The molecule has 1 heterocycles. The molecular weight excluding hydrogens is 384 g/mol. The van der Waals surface area contributed by atoms with Crippen LogP contribution in [0.25, 0.3) is 16.6 Å². The number of hydrogen-bond donors (Lipinski definition) is 2. The van der Waals surface area contributed by atoms with E-state index in [-0.39, 0.29) is 17.5 Å². The van der Waals surface area contributed by atoms with Crippen LogP contribution in [0.1, 0.15) is 28.4 Å². The fourth-order valence-electron chi connectivity index (χ4n) is 3.08. The van der Waals surface area contributed by atoms with E-state index in [1.54, 1.807) is 18.2 Å². The first kappa shape index (κ1) is 21.0. The lowest BCUT2D eigenvalue weighted by Crippen LogP contribution is -2.38. The van der Waals surface area contributed by atoms with Gasteiger partial charge in [0.2, 0.25) is 0 Å². The lowest BCUT2D eigenvalue weighted by Gasteiger charge is -2.20. The molecule has 0 saturated heterocycles. The van der Waals surface area contributed by atoms with Gasteiger partial charge in [0.25, 0.3) is 11.5 Å². The normalized spacial score (nSPS) is 12.3. The van der Waals surface area contributed by atoms with E-state index in [0.29, 0.717) is 27.8 Å². The Balaban J connectivity index is 2.02. The third-order valence-corrected chi connectivity index (χ3v) is 5.70. The summed E-state index contributed by atoms with van der Waals surface area (Å²) in [5.74, 6) is -0.182. The van der Waals surface area contributed by atoms with E-state index in [9.17, 15) is 9.59 Å².